The van der Waals surface area contributed by atoms with Gasteiger partial charge in [0.1, 0.15) is 0 Å². The predicted molar refractivity (Wildman–Crippen MR) is 252 cm³/mol. The van der Waals surface area contributed by atoms with Crippen molar-refractivity contribution in [3.05, 3.63) is 239 Å². The van der Waals surface area contributed by atoms with Crippen LogP contribution >= 0.6 is 11.3 Å². The summed E-state index contributed by atoms with van der Waals surface area (Å²) >= 11 is 1.88. The largest absolute Gasteiger partial charge is 0.317 e. The Morgan fingerprint density at radius 2 is 1.05 bits per heavy atom. The first kappa shape index (κ1) is 39.6. The molecular weight excluding hydrogens is 721 g/mol. The Labute approximate surface area is 347 Å². The molecule has 284 valence electrons. The molecule has 0 fully saturated rings. The van der Waals surface area contributed by atoms with Crippen molar-refractivity contribution in [1.29, 1.82) is 10.8 Å². The monoisotopic (exact) mass is 768 g/mol. The molecule has 1 atom stereocenters. The van der Waals surface area contributed by atoms with Crippen LogP contribution in [0.15, 0.2) is 194 Å². The van der Waals surface area contributed by atoms with Crippen molar-refractivity contribution in [1.82, 2.24) is 0 Å². The van der Waals surface area contributed by atoms with Crippen LogP contribution in [0.2, 0.25) is 0 Å². The minimum Gasteiger partial charge on any atom is -0.317 e. The second-order valence-electron chi connectivity index (χ2n) is 14.6. The minimum absolute atomic E-state index is 0.223. The van der Waals surface area contributed by atoms with Crippen LogP contribution in [0, 0.1) is 24.7 Å². The van der Waals surface area contributed by atoms with Crippen LogP contribution in [0.4, 0.5) is 0 Å². The number of fused-ring (bicyclic) bond motifs is 6. The SMILES string of the molecule is C=N.CC(c1cc2sc3ccccc3c2cc1-c1ccc(C(=N)c2ccccc2)cc1)c1cccc2c1Cc1ccccc1-2.Cc1ccccc1.Cc1ccccc1. The number of hydrogen-bond donors (Lipinski definition) is 2. The van der Waals surface area contributed by atoms with Crippen LogP contribution in [0.5, 0.6) is 0 Å². The van der Waals surface area contributed by atoms with E-state index in [1.165, 1.54) is 75.8 Å². The van der Waals surface area contributed by atoms with Crippen LogP contribution in [-0.4, -0.2) is 12.4 Å². The molecule has 1 heterocycles. The third-order valence-electron chi connectivity index (χ3n) is 10.8. The molecule has 1 aliphatic carbocycles. The third kappa shape index (κ3) is 8.66. The number of thiophene rings is 1. The molecule has 0 radical (unpaired) electrons. The quantitative estimate of drug-likeness (QED) is 0.164. The lowest BCUT2D eigenvalue weighted by molar-refractivity contribution is 0.909. The van der Waals surface area contributed by atoms with Gasteiger partial charge in [-0.05, 0) is 95.3 Å². The fourth-order valence-corrected chi connectivity index (χ4v) is 8.94. The van der Waals surface area contributed by atoms with E-state index >= 15 is 0 Å². The molecule has 58 heavy (non-hydrogen) atoms. The van der Waals surface area contributed by atoms with Crippen molar-refractivity contribution in [2.24, 2.45) is 0 Å². The van der Waals surface area contributed by atoms with Gasteiger partial charge < -0.3 is 5.41 Å². The molecule has 2 nitrogen and oxygen atoms in total. The maximum atomic E-state index is 8.77. The lowest BCUT2D eigenvalue weighted by atomic mass is 9.83. The summed E-state index contributed by atoms with van der Waals surface area (Å²) in [5, 5.41) is 16.9. The van der Waals surface area contributed by atoms with Crippen LogP contribution in [-0.2, 0) is 6.42 Å². The van der Waals surface area contributed by atoms with Crippen LogP contribution < -0.4 is 0 Å². The highest BCUT2D eigenvalue weighted by Crippen LogP contribution is 2.45. The molecule has 0 bridgehead atoms. The minimum atomic E-state index is 0.223. The highest BCUT2D eigenvalue weighted by Gasteiger charge is 2.25. The average molecular weight is 769 g/mol. The zero-order valence-electron chi connectivity index (χ0n) is 33.4. The van der Waals surface area contributed by atoms with E-state index in [0.717, 1.165) is 17.5 Å². The molecule has 0 saturated carbocycles. The smallest absolute Gasteiger partial charge is 0.0684 e. The zero-order valence-corrected chi connectivity index (χ0v) is 34.2. The number of hydrogen-bond acceptors (Lipinski definition) is 3. The van der Waals surface area contributed by atoms with Crippen molar-refractivity contribution in [2.45, 2.75) is 33.1 Å². The molecule has 1 unspecified atom stereocenters. The van der Waals surface area contributed by atoms with Gasteiger partial charge >= 0.3 is 0 Å². The van der Waals surface area contributed by atoms with Gasteiger partial charge in [0.05, 0.1) is 5.71 Å². The third-order valence-corrected chi connectivity index (χ3v) is 11.9. The van der Waals surface area contributed by atoms with Crippen molar-refractivity contribution < 1.29 is 0 Å². The standard InChI is InChI=1S/C40H29NS.2C7H8.CH3N/c1-25(30-15-9-16-32-31-13-6-5-12-29(31)22-36(30)32)34-24-39-37(33-14-7-8-17-38(33)42-39)23-35(34)26-18-20-28(21-19-26)40(41)27-10-3-2-4-11-27;2*1-7-5-3-2-4-6-7;1-2/h2-21,23-25,41H,22H2,1H3;2*2-6H,1H3;2H,1H2. The summed E-state index contributed by atoms with van der Waals surface area (Å²) in [6, 6.07) is 68.4. The van der Waals surface area contributed by atoms with Crippen LogP contribution in [0.25, 0.3) is 42.4 Å². The van der Waals surface area contributed by atoms with E-state index in [1.807, 2.05) is 78.1 Å². The summed E-state index contributed by atoms with van der Waals surface area (Å²) in [5.74, 6) is 0.223. The van der Waals surface area contributed by atoms with E-state index in [2.05, 4.69) is 155 Å². The topological polar surface area (TPSA) is 47.7 Å². The van der Waals surface area contributed by atoms with Crippen molar-refractivity contribution in [3.63, 3.8) is 0 Å². The fourth-order valence-electron chi connectivity index (χ4n) is 7.81. The zero-order chi connectivity index (χ0) is 40.4. The first-order valence-electron chi connectivity index (χ1n) is 19.7. The Kier molecular flexibility index (Phi) is 12.6. The first-order valence-corrected chi connectivity index (χ1v) is 20.5. The van der Waals surface area contributed by atoms with Gasteiger partial charge in [0.2, 0.25) is 0 Å². The second kappa shape index (κ2) is 18.5. The van der Waals surface area contributed by atoms with E-state index in [1.54, 1.807) is 0 Å². The molecule has 8 aromatic carbocycles. The molecule has 0 saturated heterocycles. The molecule has 10 rings (SSSR count). The second-order valence-corrected chi connectivity index (χ2v) is 15.7. The number of nitrogens with one attached hydrogen (secondary N) is 2. The summed E-state index contributed by atoms with van der Waals surface area (Å²) in [5.41, 5.74) is 15.9. The summed E-state index contributed by atoms with van der Waals surface area (Å²) in [6.07, 6.45) is 0.989. The van der Waals surface area contributed by atoms with E-state index < -0.39 is 0 Å². The van der Waals surface area contributed by atoms with Gasteiger partial charge in [0, 0.05) is 31.7 Å². The molecule has 2 N–H and O–H groups in total. The lowest BCUT2D eigenvalue weighted by Crippen LogP contribution is -2.03. The average Bonchev–Trinajstić information content (AvgIpc) is 3.86. The normalized spacial score (nSPS) is 11.4. The summed E-state index contributed by atoms with van der Waals surface area (Å²) in [7, 11) is 0. The number of benzene rings is 8. The summed E-state index contributed by atoms with van der Waals surface area (Å²) < 4.78 is 2.66. The Hall–Kier alpha value is -6.68. The summed E-state index contributed by atoms with van der Waals surface area (Å²) in [6.45, 7) is 9.04. The molecule has 9 aromatic rings. The van der Waals surface area contributed by atoms with Crippen LogP contribution in [0.1, 0.15) is 57.3 Å². The predicted octanol–water partition coefficient (Wildman–Crippen LogP) is 15.1. The maximum Gasteiger partial charge on any atom is 0.0684 e. The van der Waals surface area contributed by atoms with Gasteiger partial charge in [-0.15, -0.1) is 11.3 Å². The van der Waals surface area contributed by atoms with E-state index in [0.29, 0.717) is 5.71 Å². The molecule has 0 amide bonds. The molecular formula is C55H48N2S. The molecule has 1 aliphatic rings. The molecule has 1 aromatic heterocycles. The van der Waals surface area contributed by atoms with Gasteiger partial charge in [-0.25, -0.2) is 0 Å². The Morgan fingerprint density at radius 3 is 1.69 bits per heavy atom. The lowest BCUT2D eigenvalue weighted by Gasteiger charge is -2.21. The van der Waals surface area contributed by atoms with Gasteiger partial charge in [0.25, 0.3) is 0 Å². The maximum absolute atomic E-state index is 8.77. The molecule has 0 aliphatic heterocycles. The van der Waals surface area contributed by atoms with Crippen LogP contribution in [0.3, 0.4) is 0 Å². The molecule has 3 heteroatoms. The van der Waals surface area contributed by atoms with Crippen molar-refractivity contribution >= 4 is 43.9 Å². The van der Waals surface area contributed by atoms with Gasteiger partial charge in [-0.2, -0.15) is 0 Å². The van der Waals surface area contributed by atoms with Gasteiger partial charge in [0.15, 0.2) is 0 Å². The van der Waals surface area contributed by atoms with Gasteiger partial charge in [-0.1, -0.05) is 194 Å². The highest BCUT2D eigenvalue weighted by molar-refractivity contribution is 7.25. The Bertz CT molecular complexity index is 2730. The number of aryl methyl sites for hydroxylation is 2. The first-order chi connectivity index (χ1) is 28.4. The van der Waals surface area contributed by atoms with Gasteiger partial charge in [-0.3, -0.25) is 5.41 Å². The Balaban J connectivity index is 0.000000268. The number of rotatable bonds is 5. The fraction of sp³-hybridized carbons (Fsp3) is 0.0909. The highest BCUT2D eigenvalue weighted by atomic mass is 32.1. The van der Waals surface area contributed by atoms with Crippen molar-refractivity contribution in [2.75, 3.05) is 0 Å². The van der Waals surface area contributed by atoms with E-state index in [9.17, 15) is 0 Å². The molecule has 0 spiro atoms. The van der Waals surface area contributed by atoms with Crippen molar-refractivity contribution in [3.8, 4) is 22.3 Å². The van der Waals surface area contributed by atoms with E-state index in [4.69, 9.17) is 10.8 Å². The summed E-state index contributed by atoms with van der Waals surface area (Å²) in [4.78, 5) is 0. The Morgan fingerprint density at radius 1 is 0.500 bits per heavy atom. The van der Waals surface area contributed by atoms with E-state index in [-0.39, 0.29) is 5.92 Å².